The van der Waals surface area contributed by atoms with Crippen molar-refractivity contribution in [3.63, 3.8) is 0 Å². The molecule has 0 aliphatic heterocycles. The average molecular weight is 211 g/mol. The van der Waals surface area contributed by atoms with Crippen LogP contribution in [-0.4, -0.2) is 21.6 Å². The first kappa shape index (κ1) is 11.2. The minimum atomic E-state index is -0.544. The number of carbonyl (C=O) groups is 2. The number of amides is 2. The van der Waals surface area contributed by atoms with Crippen molar-refractivity contribution in [1.82, 2.24) is 15.2 Å². The molecule has 1 aromatic heterocycles. The van der Waals surface area contributed by atoms with Gasteiger partial charge in [-0.15, -0.1) is 0 Å². The van der Waals surface area contributed by atoms with Crippen molar-refractivity contribution in [2.24, 2.45) is 17.5 Å². The third-order valence-corrected chi connectivity index (χ3v) is 1.97. The van der Waals surface area contributed by atoms with Gasteiger partial charge in [-0.25, -0.2) is 5.84 Å². The predicted molar refractivity (Wildman–Crippen MR) is 52.2 cm³/mol. The van der Waals surface area contributed by atoms with Crippen molar-refractivity contribution >= 4 is 11.8 Å². The smallest absolute Gasteiger partial charge is 0.251 e. The van der Waals surface area contributed by atoms with Crippen LogP contribution in [0.25, 0.3) is 0 Å². The van der Waals surface area contributed by atoms with Crippen LogP contribution in [0.15, 0.2) is 12.4 Å². The highest BCUT2D eigenvalue weighted by Gasteiger charge is 2.13. The molecule has 1 heterocycles. The molecular weight excluding hydrogens is 198 g/mol. The van der Waals surface area contributed by atoms with E-state index >= 15 is 0 Å². The van der Waals surface area contributed by atoms with Crippen molar-refractivity contribution in [3.8, 4) is 0 Å². The topological polar surface area (TPSA) is 116 Å². The van der Waals surface area contributed by atoms with Crippen LogP contribution in [0.3, 0.4) is 0 Å². The number of aromatic nitrogens is 2. The van der Waals surface area contributed by atoms with Gasteiger partial charge in [-0.1, -0.05) is 6.92 Å². The fraction of sp³-hybridized carbons (Fsp3) is 0.375. The predicted octanol–water partition coefficient (Wildman–Crippen LogP) is -1.39. The zero-order valence-corrected chi connectivity index (χ0v) is 8.30. The van der Waals surface area contributed by atoms with Gasteiger partial charge in [0.25, 0.3) is 5.91 Å². The summed E-state index contributed by atoms with van der Waals surface area (Å²) in [6.07, 6.45) is 2.85. The number of hydrazine groups is 1. The van der Waals surface area contributed by atoms with Gasteiger partial charge in [0.2, 0.25) is 5.91 Å². The van der Waals surface area contributed by atoms with E-state index in [0.29, 0.717) is 12.1 Å². The second-order valence-corrected chi connectivity index (χ2v) is 3.22. The Morgan fingerprint density at radius 1 is 1.67 bits per heavy atom. The lowest BCUT2D eigenvalue weighted by Crippen LogP contribution is -2.36. The molecule has 2 amide bonds. The average Bonchev–Trinajstić information content (AvgIpc) is 2.65. The fourth-order valence-corrected chi connectivity index (χ4v) is 1.10. The Morgan fingerprint density at radius 3 is 2.80 bits per heavy atom. The van der Waals surface area contributed by atoms with E-state index in [0.717, 1.165) is 0 Å². The molecule has 0 fully saturated rings. The molecule has 0 spiro atoms. The molecule has 1 aromatic rings. The summed E-state index contributed by atoms with van der Waals surface area (Å²) >= 11 is 0. The number of rotatable bonds is 4. The van der Waals surface area contributed by atoms with E-state index in [1.54, 1.807) is 6.92 Å². The van der Waals surface area contributed by atoms with Gasteiger partial charge in [0, 0.05) is 6.20 Å². The number of hydrogen-bond acceptors (Lipinski definition) is 4. The largest absolute Gasteiger partial charge is 0.366 e. The molecule has 0 aliphatic carbocycles. The lowest BCUT2D eigenvalue weighted by Gasteiger charge is -2.08. The normalized spacial score (nSPS) is 12.1. The quantitative estimate of drug-likeness (QED) is 0.323. The van der Waals surface area contributed by atoms with Crippen LogP contribution in [0.1, 0.15) is 17.3 Å². The number of hydrogen-bond donors (Lipinski definition) is 3. The monoisotopic (exact) mass is 211 g/mol. The van der Waals surface area contributed by atoms with E-state index in [-0.39, 0.29) is 11.8 Å². The summed E-state index contributed by atoms with van der Waals surface area (Å²) in [5, 5.41) is 3.89. The molecule has 7 heteroatoms. The van der Waals surface area contributed by atoms with Crippen molar-refractivity contribution < 1.29 is 9.59 Å². The van der Waals surface area contributed by atoms with E-state index in [9.17, 15) is 9.59 Å². The van der Waals surface area contributed by atoms with Gasteiger partial charge in [-0.3, -0.25) is 19.7 Å². The molecule has 1 atom stereocenters. The van der Waals surface area contributed by atoms with Crippen molar-refractivity contribution in [1.29, 1.82) is 0 Å². The molecule has 0 aliphatic rings. The van der Waals surface area contributed by atoms with Crippen LogP contribution in [-0.2, 0) is 11.3 Å². The molecule has 5 N–H and O–H groups in total. The maximum absolute atomic E-state index is 11.1. The van der Waals surface area contributed by atoms with Gasteiger partial charge in [-0.05, 0) is 0 Å². The first-order valence-corrected chi connectivity index (χ1v) is 4.37. The van der Waals surface area contributed by atoms with Crippen LogP contribution in [0.2, 0.25) is 0 Å². The number of nitrogens with one attached hydrogen (secondary N) is 1. The fourth-order valence-electron chi connectivity index (χ4n) is 1.10. The molecule has 0 saturated heterocycles. The molecule has 0 radical (unpaired) electrons. The molecule has 0 bridgehead atoms. The SMILES string of the molecule is CC(Cn1cc(C(N)=O)cn1)C(=O)NN. The summed E-state index contributed by atoms with van der Waals surface area (Å²) in [7, 11) is 0. The van der Waals surface area contributed by atoms with E-state index < -0.39 is 5.91 Å². The summed E-state index contributed by atoms with van der Waals surface area (Å²) in [5.41, 5.74) is 7.41. The zero-order chi connectivity index (χ0) is 11.4. The number of nitrogens with two attached hydrogens (primary N) is 2. The standard InChI is InChI=1S/C8H13N5O2/c1-5(8(15)12-10)3-13-4-6(2-11-13)7(9)14/h2,4-5H,3,10H2,1H3,(H2,9,14)(H,12,15). The lowest BCUT2D eigenvalue weighted by atomic mass is 10.2. The van der Waals surface area contributed by atoms with E-state index in [1.165, 1.54) is 17.1 Å². The minimum absolute atomic E-state index is 0.286. The summed E-state index contributed by atoms with van der Waals surface area (Å²) in [6, 6.07) is 0. The molecule has 15 heavy (non-hydrogen) atoms. The van der Waals surface area contributed by atoms with Gasteiger partial charge in [-0.2, -0.15) is 5.10 Å². The Kier molecular flexibility index (Phi) is 3.40. The molecule has 7 nitrogen and oxygen atoms in total. The third kappa shape index (κ3) is 2.78. The Labute approximate surface area is 86.4 Å². The molecule has 82 valence electrons. The summed E-state index contributed by atoms with van der Waals surface area (Å²) < 4.78 is 1.47. The second kappa shape index (κ2) is 4.56. The molecule has 1 unspecified atom stereocenters. The Bertz CT molecular complexity index is 373. The summed E-state index contributed by atoms with van der Waals surface area (Å²) in [5.74, 6) is 3.82. The van der Waals surface area contributed by atoms with Crippen molar-refractivity contribution in [3.05, 3.63) is 18.0 Å². The van der Waals surface area contributed by atoms with Gasteiger partial charge in [0.1, 0.15) is 0 Å². The Balaban J connectivity index is 2.65. The van der Waals surface area contributed by atoms with Crippen LogP contribution < -0.4 is 17.0 Å². The van der Waals surface area contributed by atoms with Gasteiger partial charge < -0.3 is 5.73 Å². The van der Waals surface area contributed by atoms with Gasteiger partial charge in [0.15, 0.2) is 0 Å². The van der Waals surface area contributed by atoms with Crippen LogP contribution >= 0.6 is 0 Å². The van der Waals surface area contributed by atoms with Crippen LogP contribution in [0.4, 0.5) is 0 Å². The Hall–Kier alpha value is -1.89. The van der Waals surface area contributed by atoms with E-state index in [2.05, 4.69) is 5.10 Å². The highest BCUT2D eigenvalue weighted by Crippen LogP contribution is 2.02. The van der Waals surface area contributed by atoms with E-state index in [4.69, 9.17) is 11.6 Å². The van der Waals surface area contributed by atoms with Crippen LogP contribution in [0, 0.1) is 5.92 Å². The highest BCUT2D eigenvalue weighted by molar-refractivity contribution is 5.92. The molecule has 0 aromatic carbocycles. The number of nitrogens with zero attached hydrogens (tertiary/aromatic N) is 2. The minimum Gasteiger partial charge on any atom is -0.366 e. The van der Waals surface area contributed by atoms with Crippen molar-refractivity contribution in [2.75, 3.05) is 0 Å². The van der Waals surface area contributed by atoms with Gasteiger partial charge in [0.05, 0.1) is 24.2 Å². The Morgan fingerprint density at radius 2 is 2.33 bits per heavy atom. The van der Waals surface area contributed by atoms with Crippen molar-refractivity contribution in [2.45, 2.75) is 13.5 Å². The number of carbonyl (C=O) groups excluding carboxylic acids is 2. The summed E-state index contributed by atoms with van der Waals surface area (Å²) in [4.78, 5) is 21.8. The zero-order valence-electron chi connectivity index (χ0n) is 8.30. The first-order valence-electron chi connectivity index (χ1n) is 4.37. The molecule has 1 rings (SSSR count). The van der Waals surface area contributed by atoms with E-state index in [1.807, 2.05) is 5.43 Å². The molecular formula is C8H13N5O2. The molecule has 0 saturated carbocycles. The number of primary amides is 1. The first-order chi connectivity index (χ1) is 7.04. The van der Waals surface area contributed by atoms with Crippen LogP contribution in [0.5, 0.6) is 0 Å². The van der Waals surface area contributed by atoms with Gasteiger partial charge >= 0.3 is 0 Å². The second-order valence-electron chi connectivity index (χ2n) is 3.22. The third-order valence-electron chi connectivity index (χ3n) is 1.97. The maximum Gasteiger partial charge on any atom is 0.251 e. The maximum atomic E-state index is 11.1. The lowest BCUT2D eigenvalue weighted by molar-refractivity contribution is -0.125. The highest BCUT2D eigenvalue weighted by atomic mass is 16.2. The summed E-state index contributed by atoms with van der Waals surface area (Å²) in [6.45, 7) is 2.05.